The summed E-state index contributed by atoms with van der Waals surface area (Å²) in [4.78, 5) is 14.7. The number of hydrogen-bond donors (Lipinski definition) is 1. The molecule has 1 aromatic heterocycles. The van der Waals surface area contributed by atoms with E-state index < -0.39 is 11.0 Å². The molecule has 0 saturated heterocycles. The first-order valence-electron chi connectivity index (χ1n) is 6.60. The summed E-state index contributed by atoms with van der Waals surface area (Å²) in [5.41, 5.74) is 1.43. The summed E-state index contributed by atoms with van der Waals surface area (Å²) in [5.74, 6) is 0.390. The van der Waals surface area contributed by atoms with Crippen molar-refractivity contribution in [1.29, 1.82) is 0 Å². The Morgan fingerprint density at radius 3 is 2.67 bits per heavy atom. The molecule has 0 spiro atoms. The smallest absolute Gasteiger partial charge is 0.311 e. The molecule has 2 aromatic rings. The van der Waals surface area contributed by atoms with Crippen molar-refractivity contribution in [2.45, 2.75) is 26.4 Å². The second-order valence-corrected chi connectivity index (χ2v) is 4.62. The molecule has 6 nitrogen and oxygen atoms in total. The van der Waals surface area contributed by atoms with E-state index in [0.717, 1.165) is 5.56 Å². The first kappa shape index (κ1) is 14.9. The minimum Gasteiger partial charge on any atom is -0.432 e. The Kier molecular flexibility index (Phi) is 4.49. The minimum absolute atomic E-state index is 0.0873. The molecule has 0 amide bonds. The SMILES string of the molecule is CCc1ccc(Oc2ccc(C(C)O)cn2)c([N+](=O)[O-])c1. The molecule has 1 unspecified atom stereocenters. The third kappa shape index (κ3) is 3.55. The number of aromatic nitrogens is 1. The second-order valence-electron chi connectivity index (χ2n) is 4.62. The molecule has 0 bridgehead atoms. The maximum absolute atomic E-state index is 11.1. The van der Waals surface area contributed by atoms with Crippen LogP contribution in [-0.2, 0) is 6.42 Å². The van der Waals surface area contributed by atoms with Gasteiger partial charge in [-0.3, -0.25) is 10.1 Å². The van der Waals surface area contributed by atoms with Crippen molar-refractivity contribution in [2.24, 2.45) is 0 Å². The van der Waals surface area contributed by atoms with Gasteiger partial charge in [0.1, 0.15) is 0 Å². The van der Waals surface area contributed by atoms with E-state index in [-0.39, 0.29) is 17.3 Å². The fraction of sp³-hybridized carbons (Fsp3) is 0.267. The van der Waals surface area contributed by atoms with Gasteiger partial charge < -0.3 is 9.84 Å². The van der Waals surface area contributed by atoms with Gasteiger partial charge in [0.2, 0.25) is 11.6 Å². The van der Waals surface area contributed by atoms with Crippen LogP contribution in [0.25, 0.3) is 0 Å². The minimum atomic E-state index is -0.621. The van der Waals surface area contributed by atoms with Crippen LogP contribution < -0.4 is 4.74 Å². The molecule has 1 aromatic carbocycles. The zero-order valence-corrected chi connectivity index (χ0v) is 11.8. The fourth-order valence-electron chi connectivity index (χ4n) is 1.82. The van der Waals surface area contributed by atoms with Crippen molar-refractivity contribution in [3.8, 4) is 11.6 Å². The van der Waals surface area contributed by atoms with Gasteiger partial charge in [-0.25, -0.2) is 4.98 Å². The van der Waals surface area contributed by atoms with Crippen molar-refractivity contribution >= 4 is 5.69 Å². The summed E-state index contributed by atoms with van der Waals surface area (Å²) in [6.45, 7) is 3.56. The predicted molar refractivity (Wildman–Crippen MR) is 77.4 cm³/mol. The summed E-state index contributed by atoms with van der Waals surface area (Å²) >= 11 is 0. The van der Waals surface area contributed by atoms with E-state index in [2.05, 4.69) is 4.98 Å². The quantitative estimate of drug-likeness (QED) is 0.673. The van der Waals surface area contributed by atoms with Crippen molar-refractivity contribution in [2.75, 3.05) is 0 Å². The van der Waals surface area contributed by atoms with E-state index in [1.807, 2.05) is 6.92 Å². The van der Waals surface area contributed by atoms with E-state index in [0.29, 0.717) is 12.0 Å². The van der Waals surface area contributed by atoms with E-state index in [1.54, 1.807) is 31.2 Å². The lowest BCUT2D eigenvalue weighted by molar-refractivity contribution is -0.385. The van der Waals surface area contributed by atoms with Crippen LogP contribution in [0.2, 0.25) is 0 Å². The van der Waals surface area contributed by atoms with Crippen LogP contribution in [0.5, 0.6) is 11.6 Å². The first-order valence-corrected chi connectivity index (χ1v) is 6.60. The number of pyridine rings is 1. The fourth-order valence-corrected chi connectivity index (χ4v) is 1.82. The molecule has 0 saturated carbocycles. The average molecular weight is 288 g/mol. The molecule has 1 atom stereocenters. The molecule has 0 aliphatic rings. The number of benzene rings is 1. The number of hydrogen-bond acceptors (Lipinski definition) is 5. The van der Waals surface area contributed by atoms with E-state index in [1.165, 1.54) is 12.3 Å². The Balaban J connectivity index is 2.28. The summed E-state index contributed by atoms with van der Waals surface area (Å²) in [6.07, 6.45) is 1.57. The van der Waals surface area contributed by atoms with Crippen LogP contribution in [0.15, 0.2) is 36.5 Å². The number of nitrogens with zero attached hydrogens (tertiary/aromatic N) is 2. The first-order chi connectivity index (χ1) is 10.0. The molecule has 21 heavy (non-hydrogen) atoms. The molecule has 110 valence electrons. The van der Waals surface area contributed by atoms with Crippen LogP contribution in [0.4, 0.5) is 5.69 Å². The Morgan fingerprint density at radius 2 is 2.14 bits per heavy atom. The van der Waals surface area contributed by atoms with Gasteiger partial charge in [-0.05, 0) is 36.6 Å². The summed E-state index contributed by atoms with van der Waals surface area (Å²) in [6, 6.07) is 8.09. The number of aliphatic hydroxyl groups is 1. The van der Waals surface area contributed by atoms with Gasteiger partial charge in [0, 0.05) is 18.3 Å². The Morgan fingerprint density at radius 1 is 1.38 bits per heavy atom. The van der Waals surface area contributed by atoms with E-state index in [4.69, 9.17) is 4.74 Å². The number of aliphatic hydroxyl groups excluding tert-OH is 1. The highest BCUT2D eigenvalue weighted by atomic mass is 16.6. The van der Waals surface area contributed by atoms with Crippen LogP contribution in [0.3, 0.4) is 0 Å². The van der Waals surface area contributed by atoms with Crippen molar-refractivity contribution in [1.82, 2.24) is 4.98 Å². The Labute approximate surface area is 122 Å². The standard InChI is InChI=1S/C15H16N2O4/c1-3-11-4-6-14(13(8-11)17(19)20)21-15-7-5-12(9-16-15)10(2)18/h4-10,18H,3H2,1-2H3. The number of rotatable bonds is 5. The number of ether oxygens (including phenoxy) is 1. The van der Waals surface area contributed by atoms with Gasteiger partial charge >= 0.3 is 5.69 Å². The molecular weight excluding hydrogens is 272 g/mol. The lowest BCUT2D eigenvalue weighted by Gasteiger charge is -2.08. The number of nitro benzene ring substituents is 1. The van der Waals surface area contributed by atoms with Crippen molar-refractivity contribution in [3.05, 3.63) is 57.8 Å². The second kappa shape index (κ2) is 6.32. The lowest BCUT2D eigenvalue weighted by atomic mass is 10.1. The maximum atomic E-state index is 11.1. The lowest BCUT2D eigenvalue weighted by Crippen LogP contribution is -1.97. The monoisotopic (exact) mass is 288 g/mol. The normalized spacial score (nSPS) is 12.0. The Bertz CT molecular complexity index is 639. The van der Waals surface area contributed by atoms with Gasteiger partial charge in [-0.1, -0.05) is 13.0 Å². The molecule has 2 rings (SSSR count). The molecule has 0 fully saturated rings. The van der Waals surface area contributed by atoms with Gasteiger partial charge in [0.25, 0.3) is 0 Å². The third-order valence-electron chi connectivity index (χ3n) is 3.08. The number of aryl methyl sites for hydroxylation is 1. The third-order valence-corrected chi connectivity index (χ3v) is 3.08. The number of nitro groups is 1. The van der Waals surface area contributed by atoms with Crippen LogP contribution in [0, 0.1) is 10.1 Å². The maximum Gasteiger partial charge on any atom is 0.311 e. The van der Waals surface area contributed by atoms with Crippen LogP contribution in [0.1, 0.15) is 31.1 Å². The van der Waals surface area contributed by atoms with Gasteiger partial charge in [-0.15, -0.1) is 0 Å². The molecule has 0 aliphatic carbocycles. The molecule has 0 radical (unpaired) electrons. The van der Waals surface area contributed by atoms with E-state index >= 15 is 0 Å². The van der Waals surface area contributed by atoms with Crippen LogP contribution in [-0.4, -0.2) is 15.0 Å². The summed E-state index contributed by atoms with van der Waals surface area (Å²) in [5, 5.41) is 20.5. The molecule has 6 heteroatoms. The van der Waals surface area contributed by atoms with Crippen molar-refractivity contribution in [3.63, 3.8) is 0 Å². The Hall–Kier alpha value is -2.47. The predicted octanol–water partition coefficient (Wildman–Crippen LogP) is 3.40. The highest BCUT2D eigenvalue weighted by Gasteiger charge is 2.17. The highest BCUT2D eigenvalue weighted by Crippen LogP contribution is 2.31. The summed E-state index contributed by atoms with van der Waals surface area (Å²) in [7, 11) is 0. The zero-order chi connectivity index (χ0) is 15.4. The largest absolute Gasteiger partial charge is 0.432 e. The highest BCUT2D eigenvalue weighted by molar-refractivity contribution is 5.50. The topological polar surface area (TPSA) is 85.5 Å². The van der Waals surface area contributed by atoms with Gasteiger partial charge in [-0.2, -0.15) is 0 Å². The summed E-state index contributed by atoms with van der Waals surface area (Å²) < 4.78 is 5.47. The molecule has 1 N–H and O–H groups in total. The molecule has 0 aliphatic heterocycles. The molecule has 1 heterocycles. The molecular formula is C15H16N2O4. The van der Waals surface area contributed by atoms with Gasteiger partial charge in [0.15, 0.2) is 0 Å². The zero-order valence-electron chi connectivity index (χ0n) is 11.8. The van der Waals surface area contributed by atoms with Crippen LogP contribution >= 0.6 is 0 Å². The van der Waals surface area contributed by atoms with Crippen molar-refractivity contribution < 1.29 is 14.8 Å². The average Bonchev–Trinajstić information content (AvgIpc) is 2.48. The van der Waals surface area contributed by atoms with E-state index in [9.17, 15) is 15.2 Å². The van der Waals surface area contributed by atoms with Gasteiger partial charge in [0.05, 0.1) is 11.0 Å².